The van der Waals surface area contributed by atoms with Gasteiger partial charge in [0.1, 0.15) is 28.8 Å². The van der Waals surface area contributed by atoms with E-state index in [1.165, 1.54) is 17.2 Å². The number of ether oxygens (including phenoxy) is 2. The van der Waals surface area contributed by atoms with E-state index in [4.69, 9.17) is 26.7 Å². The molecule has 3 heterocycles. The van der Waals surface area contributed by atoms with Crippen LogP contribution in [0.1, 0.15) is 35.6 Å². The summed E-state index contributed by atoms with van der Waals surface area (Å²) in [7, 11) is 3.30. The molecule has 0 saturated carbocycles. The van der Waals surface area contributed by atoms with Gasteiger partial charge in [0.2, 0.25) is 0 Å². The first-order valence-corrected chi connectivity index (χ1v) is 11.2. The summed E-state index contributed by atoms with van der Waals surface area (Å²) in [5, 5.41) is 3.40. The molecule has 1 amide bonds. The fourth-order valence-electron chi connectivity index (χ4n) is 4.29. The lowest BCUT2D eigenvalue weighted by atomic mass is 10.0. The molecular formula is C21H26F2N6O3S. The van der Waals surface area contributed by atoms with Crippen molar-refractivity contribution in [3.8, 4) is 0 Å². The summed E-state index contributed by atoms with van der Waals surface area (Å²) < 4.78 is 42.6. The number of aromatic nitrogens is 2. The molecule has 12 heteroatoms. The number of benzene rings is 1. The van der Waals surface area contributed by atoms with E-state index >= 15 is 0 Å². The molecule has 0 radical (unpaired) electrons. The molecule has 1 aromatic heterocycles. The van der Waals surface area contributed by atoms with Crippen molar-refractivity contribution in [2.45, 2.75) is 36.5 Å². The zero-order valence-electron chi connectivity index (χ0n) is 18.2. The first-order valence-electron chi connectivity index (χ1n) is 10.4. The van der Waals surface area contributed by atoms with E-state index in [2.05, 4.69) is 5.10 Å². The minimum atomic E-state index is -1.00. The van der Waals surface area contributed by atoms with Crippen LogP contribution in [0.15, 0.2) is 35.1 Å². The largest absolute Gasteiger partial charge is 0.392 e. The van der Waals surface area contributed by atoms with E-state index in [0.29, 0.717) is 24.2 Å². The second-order valence-electron chi connectivity index (χ2n) is 7.93. The average molecular weight is 481 g/mol. The van der Waals surface area contributed by atoms with Gasteiger partial charge in [0.15, 0.2) is 0 Å². The van der Waals surface area contributed by atoms with E-state index in [9.17, 15) is 13.6 Å². The molecule has 0 aliphatic carbocycles. The van der Waals surface area contributed by atoms with Crippen LogP contribution >= 0.6 is 11.8 Å². The Balaban J connectivity index is 1.81. The minimum absolute atomic E-state index is 0.0537. The number of hydrogen-bond acceptors (Lipinski definition) is 8. The van der Waals surface area contributed by atoms with Crippen LogP contribution in [0.2, 0.25) is 0 Å². The molecule has 178 valence electrons. The van der Waals surface area contributed by atoms with E-state index in [1.54, 1.807) is 18.8 Å². The molecule has 9 nitrogen and oxygen atoms in total. The molecule has 1 fully saturated rings. The van der Waals surface area contributed by atoms with Gasteiger partial charge in [-0.05, 0) is 25.0 Å². The number of methoxy groups -OCH3 is 1. The van der Waals surface area contributed by atoms with Gasteiger partial charge in [-0.15, -0.1) is 0 Å². The molecule has 4 atom stereocenters. The third kappa shape index (κ3) is 4.19. The minimum Gasteiger partial charge on any atom is -0.392 e. The summed E-state index contributed by atoms with van der Waals surface area (Å²) in [6, 6.07) is 3.37. The quantitative estimate of drug-likeness (QED) is 0.589. The number of hydrogen-bond donors (Lipinski definition) is 3. The highest BCUT2D eigenvalue weighted by Gasteiger charge is 2.42. The van der Waals surface area contributed by atoms with Crippen LogP contribution in [0.4, 0.5) is 14.5 Å². The highest BCUT2D eigenvalue weighted by Crippen LogP contribution is 2.51. The van der Waals surface area contributed by atoms with Crippen molar-refractivity contribution in [1.29, 1.82) is 0 Å². The number of anilines is 1. The van der Waals surface area contributed by atoms with Gasteiger partial charge >= 0.3 is 0 Å². The van der Waals surface area contributed by atoms with E-state index in [1.807, 2.05) is 0 Å². The molecule has 33 heavy (non-hydrogen) atoms. The fraction of sp³-hybridized carbons (Fsp3) is 0.429. The van der Waals surface area contributed by atoms with Crippen molar-refractivity contribution >= 4 is 23.4 Å². The highest BCUT2D eigenvalue weighted by atomic mass is 32.2. The summed E-state index contributed by atoms with van der Waals surface area (Å²) in [4.78, 5) is 13.8. The van der Waals surface area contributed by atoms with E-state index in [0.717, 1.165) is 23.9 Å². The summed E-state index contributed by atoms with van der Waals surface area (Å²) in [5.74, 6) is -2.35. The Morgan fingerprint density at radius 2 is 2.00 bits per heavy atom. The lowest BCUT2D eigenvalue weighted by molar-refractivity contribution is -0.114. The molecule has 2 unspecified atom stereocenters. The molecule has 2 aliphatic heterocycles. The van der Waals surface area contributed by atoms with Crippen molar-refractivity contribution in [2.75, 3.05) is 18.6 Å². The highest BCUT2D eigenvalue weighted by molar-refractivity contribution is 8.03. The van der Waals surface area contributed by atoms with Gasteiger partial charge in [0, 0.05) is 20.2 Å². The monoisotopic (exact) mass is 480 g/mol. The number of carbonyl (C=O) groups is 1. The maximum atomic E-state index is 14.8. The van der Waals surface area contributed by atoms with Gasteiger partial charge in [0.05, 0.1) is 40.9 Å². The lowest BCUT2D eigenvalue weighted by Gasteiger charge is -2.29. The van der Waals surface area contributed by atoms with Gasteiger partial charge in [-0.3, -0.25) is 9.48 Å². The summed E-state index contributed by atoms with van der Waals surface area (Å²) in [5.41, 5.74) is 18.7. The Labute approximate surface area is 193 Å². The van der Waals surface area contributed by atoms with Crippen LogP contribution in [0, 0.1) is 11.6 Å². The molecule has 2 aliphatic rings. The zero-order valence-corrected chi connectivity index (χ0v) is 19.0. The van der Waals surface area contributed by atoms with Crippen LogP contribution < -0.4 is 22.1 Å². The lowest BCUT2D eigenvalue weighted by Crippen LogP contribution is -2.37. The number of aryl methyl sites for hydroxylation is 1. The number of thioether (sulfide) groups is 1. The second kappa shape index (κ2) is 9.29. The average Bonchev–Trinajstić information content (AvgIpc) is 3.23. The molecular weight excluding hydrogens is 454 g/mol. The zero-order chi connectivity index (χ0) is 23.9. The third-order valence-corrected chi connectivity index (χ3v) is 7.08. The number of rotatable bonds is 5. The number of amides is 1. The fourth-order valence-corrected chi connectivity index (χ4v) is 5.51. The van der Waals surface area contributed by atoms with Crippen molar-refractivity contribution in [1.82, 2.24) is 9.78 Å². The topological polar surface area (TPSA) is 135 Å². The Hall–Kier alpha value is -2.67. The molecule has 1 aromatic carbocycles. The maximum absolute atomic E-state index is 14.8. The molecule has 1 saturated heterocycles. The number of halogens is 2. The predicted octanol–water partition coefficient (Wildman–Crippen LogP) is 1.76. The van der Waals surface area contributed by atoms with Crippen LogP contribution in [-0.2, 0) is 21.3 Å². The Morgan fingerprint density at radius 3 is 2.64 bits per heavy atom. The van der Waals surface area contributed by atoms with Crippen molar-refractivity contribution < 1.29 is 23.0 Å². The van der Waals surface area contributed by atoms with Crippen LogP contribution in [0.25, 0.3) is 0 Å². The van der Waals surface area contributed by atoms with E-state index in [-0.39, 0.29) is 35.0 Å². The third-order valence-electron chi connectivity index (χ3n) is 5.96. The van der Waals surface area contributed by atoms with Crippen LogP contribution in [-0.4, -0.2) is 41.6 Å². The molecule has 2 aromatic rings. The second-order valence-corrected chi connectivity index (χ2v) is 9.05. The van der Waals surface area contributed by atoms with Gasteiger partial charge in [-0.2, -0.15) is 5.10 Å². The van der Waals surface area contributed by atoms with Gasteiger partial charge in [0.25, 0.3) is 5.91 Å². The van der Waals surface area contributed by atoms with Gasteiger partial charge in [-0.25, -0.2) is 8.78 Å². The van der Waals surface area contributed by atoms with Crippen molar-refractivity contribution in [3.63, 3.8) is 0 Å². The predicted molar refractivity (Wildman–Crippen MR) is 119 cm³/mol. The standard InChI is InChI=1S/C21H26F2N6O3S/c1-28-17(14-7-6-12(24)15(31-2)9-32-14)13(8-27-28)29-18(19(25)30)20(26)33-21(29)16-10(22)4-3-5-11(16)23/h3-5,8,12,14-15,21H,6-7,9,24,26H2,1-2H3,(H2,25,30)/t12-,14?,15-,21?/m1/s1. The molecule has 6 N–H and O–H groups in total. The van der Waals surface area contributed by atoms with Gasteiger partial charge < -0.3 is 31.6 Å². The van der Waals surface area contributed by atoms with Crippen LogP contribution in [0.3, 0.4) is 0 Å². The molecule has 4 rings (SSSR count). The Morgan fingerprint density at radius 1 is 1.30 bits per heavy atom. The van der Waals surface area contributed by atoms with E-state index < -0.39 is 29.0 Å². The first kappa shape index (κ1) is 23.5. The smallest absolute Gasteiger partial charge is 0.268 e. The summed E-state index contributed by atoms with van der Waals surface area (Å²) in [6.45, 7) is 0.258. The van der Waals surface area contributed by atoms with Gasteiger partial charge in [-0.1, -0.05) is 17.8 Å². The van der Waals surface area contributed by atoms with Crippen molar-refractivity contribution in [2.24, 2.45) is 24.2 Å². The summed E-state index contributed by atoms with van der Waals surface area (Å²) >= 11 is 0.944. The normalized spacial score (nSPS) is 26.0. The molecule has 0 bridgehead atoms. The Kier molecular flexibility index (Phi) is 6.61. The van der Waals surface area contributed by atoms with Crippen LogP contribution in [0.5, 0.6) is 0 Å². The number of nitrogens with zero attached hydrogens (tertiary/aromatic N) is 3. The SMILES string of the molecule is CO[C@@H]1COC(c2c(N3C(C(N)=O)=C(N)SC3c3c(F)cccc3F)cnn2C)CC[C@H]1N. The number of carbonyl (C=O) groups excluding carboxylic acids is 1. The number of primary amides is 1. The molecule has 0 spiro atoms. The number of nitrogens with two attached hydrogens (primary N) is 3. The summed E-state index contributed by atoms with van der Waals surface area (Å²) in [6.07, 6.45) is 1.95. The maximum Gasteiger partial charge on any atom is 0.268 e. The van der Waals surface area contributed by atoms with Crippen molar-refractivity contribution in [3.05, 3.63) is 58.0 Å². The Bertz CT molecular complexity index is 1070. The first-order chi connectivity index (χ1) is 15.7.